The van der Waals surface area contributed by atoms with E-state index in [1.165, 1.54) is 12.8 Å². The molecule has 1 aromatic heterocycles. The number of methoxy groups -OCH3 is 1. The van der Waals surface area contributed by atoms with Gasteiger partial charge in [0.15, 0.2) is 5.82 Å². The molecule has 2 N–H and O–H groups in total. The Hall–Kier alpha value is -1.56. The lowest BCUT2D eigenvalue weighted by molar-refractivity contribution is 0.414. The van der Waals surface area contributed by atoms with Crippen LogP contribution in [0.2, 0.25) is 0 Å². The van der Waals surface area contributed by atoms with Crippen molar-refractivity contribution in [3.05, 3.63) is 33.9 Å². The van der Waals surface area contributed by atoms with Gasteiger partial charge in [0.05, 0.1) is 19.3 Å². The first-order valence-electron chi connectivity index (χ1n) is 6.20. The molecule has 1 fully saturated rings. The van der Waals surface area contributed by atoms with Crippen molar-refractivity contribution in [1.82, 2.24) is 15.0 Å². The summed E-state index contributed by atoms with van der Waals surface area (Å²) in [5, 5.41) is 8.14. The summed E-state index contributed by atoms with van der Waals surface area (Å²) in [6.07, 6.45) is 2.35. The van der Waals surface area contributed by atoms with Gasteiger partial charge < -0.3 is 10.5 Å². The van der Waals surface area contributed by atoms with Gasteiger partial charge in [-0.15, -0.1) is 5.10 Å². The lowest BCUT2D eigenvalue weighted by Crippen LogP contribution is -2.07. The third-order valence-corrected chi connectivity index (χ3v) is 4.11. The van der Waals surface area contributed by atoms with Crippen LogP contribution in [0.1, 0.15) is 30.0 Å². The maximum Gasteiger partial charge on any atom is 0.169 e. The standard InChI is InChI=1S/C13H15BrN4O/c1-19-10-4-5-11(14)9(6-10)7-18-12(8-2-3-8)13(15)16-17-18/h4-6,8H,2-3,7,15H2,1H3. The van der Waals surface area contributed by atoms with Crippen molar-refractivity contribution in [2.75, 3.05) is 12.8 Å². The highest BCUT2D eigenvalue weighted by atomic mass is 79.9. The topological polar surface area (TPSA) is 66.0 Å². The molecule has 0 amide bonds. The van der Waals surface area contributed by atoms with Gasteiger partial charge in [-0.3, -0.25) is 0 Å². The number of rotatable bonds is 4. The predicted octanol–water partition coefficient (Wildman–Crippen LogP) is 2.56. The van der Waals surface area contributed by atoms with Gasteiger partial charge in [0, 0.05) is 10.4 Å². The number of hydrogen-bond donors (Lipinski definition) is 1. The van der Waals surface area contributed by atoms with E-state index in [0.717, 1.165) is 21.5 Å². The predicted molar refractivity (Wildman–Crippen MR) is 76.2 cm³/mol. The third-order valence-electron chi connectivity index (χ3n) is 3.34. The quantitative estimate of drug-likeness (QED) is 0.939. The normalized spacial score (nSPS) is 14.6. The first kappa shape index (κ1) is 12.5. The minimum atomic E-state index is 0.527. The van der Waals surface area contributed by atoms with Crippen molar-refractivity contribution in [2.45, 2.75) is 25.3 Å². The van der Waals surface area contributed by atoms with Gasteiger partial charge in [0.25, 0.3) is 0 Å². The highest BCUT2D eigenvalue weighted by molar-refractivity contribution is 9.10. The van der Waals surface area contributed by atoms with Gasteiger partial charge in [-0.2, -0.15) is 0 Å². The molecule has 6 heteroatoms. The van der Waals surface area contributed by atoms with Crippen molar-refractivity contribution in [3.63, 3.8) is 0 Å². The molecular weight excluding hydrogens is 308 g/mol. The second-order valence-corrected chi connectivity index (χ2v) is 5.60. The van der Waals surface area contributed by atoms with Crippen molar-refractivity contribution in [2.24, 2.45) is 0 Å². The smallest absolute Gasteiger partial charge is 0.169 e. The molecular formula is C13H15BrN4O. The van der Waals surface area contributed by atoms with E-state index in [1.807, 2.05) is 22.9 Å². The van der Waals surface area contributed by atoms with Crippen LogP contribution in [0.4, 0.5) is 5.82 Å². The Morgan fingerprint density at radius 1 is 1.47 bits per heavy atom. The molecule has 0 atom stereocenters. The molecule has 0 unspecified atom stereocenters. The Labute approximate surface area is 119 Å². The molecule has 5 nitrogen and oxygen atoms in total. The number of anilines is 1. The van der Waals surface area contributed by atoms with Crippen molar-refractivity contribution in [1.29, 1.82) is 0 Å². The number of halogens is 1. The van der Waals surface area contributed by atoms with Gasteiger partial charge in [-0.25, -0.2) is 4.68 Å². The highest BCUT2D eigenvalue weighted by Gasteiger charge is 2.30. The number of hydrogen-bond acceptors (Lipinski definition) is 4. The van der Waals surface area contributed by atoms with Gasteiger partial charge in [-0.05, 0) is 36.6 Å². The summed E-state index contributed by atoms with van der Waals surface area (Å²) in [6.45, 7) is 0.647. The minimum Gasteiger partial charge on any atom is -0.497 e. The van der Waals surface area contributed by atoms with E-state index in [2.05, 4.69) is 26.2 Å². The molecule has 0 spiro atoms. The average molecular weight is 323 g/mol. The monoisotopic (exact) mass is 322 g/mol. The summed E-state index contributed by atoms with van der Waals surface area (Å²) in [5.41, 5.74) is 8.07. The van der Waals surface area contributed by atoms with Crippen LogP contribution in [0, 0.1) is 0 Å². The number of nitrogen functional groups attached to an aromatic ring is 1. The fraction of sp³-hybridized carbons (Fsp3) is 0.385. The second kappa shape index (κ2) is 4.85. The largest absolute Gasteiger partial charge is 0.497 e. The highest BCUT2D eigenvalue weighted by Crippen LogP contribution is 2.42. The van der Waals surface area contributed by atoms with Gasteiger partial charge in [0.2, 0.25) is 0 Å². The zero-order valence-electron chi connectivity index (χ0n) is 10.6. The molecule has 1 heterocycles. The molecule has 1 aliphatic carbocycles. The zero-order valence-corrected chi connectivity index (χ0v) is 12.2. The van der Waals surface area contributed by atoms with Crippen LogP contribution in [-0.2, 0) is 6.54 Å². The number of nitrogens with two attached hydrogens (primary N) is 1. The van der Waals surface area contributed by atoms with Crippen LogP contribution >= 0.6 is 15.9 Å². The molecule has 0 saturated heterocycles. The molecule has 1 aromatic carbocycles. The first-order chi connectivity index (χ1) is 9.19. The lowest BCUT2D eigenvalue weighted by atomic mass is 10.2. The Morgan fingerprint density at radius 2 is 2.26 bits per heavy atom. The average Bonchev–Trinajstić information content (AvgIpc) is 3.17. The van der Waals surface area contributed by atoms with Gasteiger partial charge >= 0.3 is 0 Å². The SMILES string of the molecule is COc1ccc(Br)c(Cn2nnc(N)c2C2CC2)c1. The van der Waals surface area contributed by atoms with Crippen molar-refractivity contribution in [3.8, 4) is 5.75 Å². The number of ether oxygens (including phenoxy) is 1. The van der Waals surface area contributed by atoms with Crippen LogP contribution in [0.15, 0.2) is 22.7 Å². The van der Waals surface area contributed by atoms with E-state index in [1.54, 1.807) is 7.11 Å². The van der Waals surface area contributed by atoms with Crippen molar-refractivity contribution >= 4 is 21.7 Å². The summed E-state index contributed by atoms with van der Waals surface area (Å²) < 4.78 is 8.18. The maximum absolute atomic E-state index is 5.90. The second-order valence-electron chi connectivity index (χ2n) is 4.75. The van der Waals surface area contributed by atoms with Gasteiger partial charge in [0.1, 0.15) is 5.75 Å². The molecule has 2 aromatic rings. The Morgan fingerprint density at radius 3 is 2.95 bits per heavy atom. The van der Waals surface area contributed by atoms with E-state index in [0.29, 0.717) is 18.3 Å². The molecule has 3 rings (SSSR count). The molecule has 1 saturated carbocycles. The maximum atomic E-state index is 5.90. The molecule has 100 valence electrons. The summed E-state index contributed by atoms with van der Waals surface area (Å²) in [7, 11) is 1.66. The molecule has 0 aliphatic heterocycles. The zero-order chi connectivity index (χ0) is 13.4. The van der Waals surface area contributed by atoms with Crippen LogP contribution in [-0.4, -0.2) is 22.1 Å². The summed E-state index contributed by atoms with van der Waals surface area (Å²) in [6, 6.07) is 5.90. The van der Waals surface area contributed by atoms with E-state index in [-0.39, 0.29) is 0 Å². The number of nitrogens with zero attached hydrogens (tertiary/aromatic N) is 3. The molecule has 0 bridgehead atoms. The van der Waals surface area contributed by atoms with E-state index in [4.69, 9.17) is 10.5 Å². The lowest BCUT2D eigenvalue weighted by Gasteiger charge is -2.09. The summed E-state index contributed by atoms with van der Waals surface area (Å²) >= 11 is 3.55. The fourth-order valence-corrected chi connectivity index (χ4v) is 2.56. The van der Waals surface area contributed by atoms with E-state index >= 15 is 0 Å². The Balaban J connectivity index is 1.93. The van der Waals surface area contributed by atoms with Crippen LogP contribution in [0.5, 0.6) is 5.75 Å². The molecule has 0 radical (unpaired) electrons. The van der Waals surface area contributed by atoms with Gasteiger partial charge in [-0.1, -0.05) is 21.1 Å². The molecule has 1 aliphatic rings. The molecule has 19 heavy (non-hydrogen) atoms. The van der Waals surface area contributed by atoms with E-state index in [9.17, 15) is 0 Å². The van der Waals surface area contributed by atoms with Crippen LogP contribution < -0.4 is 10.5 Å². The third kappa shape index (κ3) is 2.45. The summed E-state index contributed by atoms with van der Waals surface area (Å²) in [5.74, 6) is 1.92. The number of benzene rings is 1. The Bertz CT molecular complexity index is 607. The summed E-state index contributed by atoms with van der Waals surface area (Å²) in [4.78, 5) is 0. The fourth-order valence-electron chi connectivity index (χ4n) is 2.19. The van der Waals surface area contributed by atoms with Crippen LogP contribution in [0.25, 0.3) is 0 Å². The van der Waals surface area contributed by atoms with E-state index < -0.39 is 0 Å². The van der Waals surface area contributed by atoms with Crippen LogP contribution in [0.3, 0.4) is 0 Å². The minimum absolute atomic E-state index is 0.527. The first-order valence-corrected chi connectivity index (χ1v) is 6.99. The van der Waals surface area contributed by atoms with Crippen molar-refractivity contribution < 1.29 is 4.74 Å². The number of aromatic nitrogens is 3. The Kier molecular flexibility index (Phi) is 3.18.